The zero-order chi connectivity index (χ0) is 23.2. The summed E-state index contributed by atoms with van der Waals surface area (Å²) in [7, 11) is -2.11. The fourth-order valence-corrected chi connectivity index (χ4v) is 4.20. The van der Waals surface area contributed by atoms with Crippen molar-refractivity contribution in [1.29, 1.82) is 0 Å². The van der Waals surface area contributed by atoms with Crippen LogP contribution in [0.4, 0.5) is 0 Å². The van der Waals surface area contributed by atoms with E-state index < -0.39 is 22.0 Å². The normalized spacial score (nSPS) is 12.5. The molecule has 0 radical (unpaired) electrons. The SMILES string of the molecule is CNS(=O)(=O)Cc1ccccc1CNC(=O)C(NC(=O)c1ccc(Cl)cc1Cl)C(C)C. The number of amides is 2. The van der Waals surface area contributed by atoms with Crippen molar-refractivity contribution >= 4 is 45.0 Å². The van der Waals surface area contributed by atoms with Gasteiger partial charge < -0.3 is 10.6 Å². The summed E-state index contributed by atoms with van der Waals surface area (Å²) in [6.07, 6.45) is 0. The topological polar surface area (TPSA) is 104 Å². The van der Waals surface area contributed by atoms with Gasteiger partial charge in [0.25, 0.3) is 5.91 Å². The van der Waals surface area contributed by atoms with Gasteiger partial charge in [-0.1, -0.05) is 61.3 Å². The maximum absolute atomic E-state index is 12.8. The van der Waals surface area contributed by atoms with E-state index in [2.05, 4.69) is 15.4 Å². The number of sulfonamides is 1. The van der Waals surface area contributed by atoms with Gasteiger partial charge >= 0.3 is 0 Å². The lowest BCUT2D eigenvalue weighted by atomic mass is 10.0. The van der Waals surface area contributed by atoms with Crippen LogP contribution in [0.2, 0.25) is 10.0 Å². The summed E-state index contributed by atoms with van der Waals surface area (Å²) in [5.74, 6) is -1.28. The van der Waals surface area contributed by atoms with E-state index in [9.17, 15) is 18.0 Å². The van der Waals surface area contributed by atoms with Gasteiger partial charge in [0.2, 0.25) is 15.9 Å². The molecule has 0 saturated carbocycles. The number of nitrogens with one attached hydrogen (secondary N) is 3. The van der Waals surface area contributed by atoms with Crippen LogP contribution < -0.4 is 15.4 Å². The molecule has 10 heteroatoms. The predicted molar refractivity (Wildman–Crippen MR) is 123 cm³/mol. The Balaban J connectivity index is 2.11. The van der Waals surface area contributed by atoms with Gasteiger partial charge in [-0.3, -0.25) is 9.59 Å². The Morgan fingerprint density at radius 3 is 2.26 bits per heavy atom. The molecule has 0 heterocycles. The highest BCUT2D eigenvalue weighted by Gasteiger charge is 2.25. The fourth-order valence-electron chi connectivity index (χ4n) is 2.87. The second-order valence-corrected chi connectivity index (χ2v) is 10.0. The molecule has 0 fully saturated rings. The Morgan fingerprint density at radius 1 is 1.03 bits per heavy atom. The van der Waals surface area contributed by atoms with E-state index in [1.165, 1.54) is 19.2 Å². The first-order valence-electron chi connectivity index (χ1n) is 9.55. The minimum atomic E-state index is -3.46. The van der Waals surface area contributed by atoms with E-state index in [0.717, 1.165) is 0 Å². The number of rotatable bonds is 9. The van der Waals surface area contributed by atoms with Gasteiger partial charge in [0.05, 0.1) is 16.3 Å². The van der Waals surface area contributed by atoms with E-state index in [-0.39, 0.29) is 34.7 Å². The van der Waals surface area contributed by atoms with Crippen molar-refractivity contribution in [2.24, 2.45) is 5.92 Å². The monoisotopic (exact) mass is 485 g/mol. The third-order valence-corrected chi connectivity index (χ3v) is 6.50. The van der Waals surface area contributed by atoms with E-state index in [0.29, 0.717) is 16.1 Å². The zero-order valence-electron chi connectivity index (χ0n) is 17.4. The zero-order valence-corrected chi connectivity index (χ0v) is 19.7. The van der Waals surface area contributed by atoms with Gasteiger partial charge in [0.1, 0.15) is 6.04 Å². The lowest BCUT2D eigenvalue weighted by Gasteiger charge is -2.22. The van der Waals surface area contributed by atoms with Crippen LogP contribution in [0.1, 0.15) is 35.3 Å². The summed E-state index contributed by atoms with van der Waals surface area (Å²) < 4.78 is 26.1. The Kier molecular flexibility index (Phi) is 8.88. The maximum Gasteiger partial charge on any atom is 0.253 e. The van der Waals surface area contributed by atoms with Crippen LogP contribution >= 0.6 is 23.2 Å². The summed E-state index contributed by atoms with van der Waals surface area (Å²) in [5, 5.41) is 6.08. The lowest BCUT2D eigenvalue weighted by molar-refractivity contribution is -0.124. The van der Waals surface area contributed by atoms with Crippen LogP contribution in [0.25, 0.3) is 0 Å². The number of benzene rings is 2. The standard InChI is InChI=1S/C21H25Cl2N3O4S/c1-13(2)19(26-20(27)17-9-8-16(22)10-18(17)23)21(28)25-11-14-6-4-5-7-15(14)12-31(29,30)24-3/h4-10,13,19,24H,11-12H2,1-3H3,(H,25,28)(H,26,27). The third kappa shape index (κ3) is 7.21. The predicted octanol–water partition coefficient (Wildman–Crippen LogP) is 3.11. The Bertz CT molecular complexity index is 1060. The van der Waals surface area contributed by atoms with Crippen molar-refractivity contribution in [2.45, 2.75) is 32.2 Å². The molecule has 7 nitrogen and oxygen atoms in total. The minimum absolute atomic E-state index is 0.120. The summed E-state index contributed by atoms with van der Waals surface area (Å²) in [6.45, 7) is 3.73. The van der Waals surface area contributed by atoms with Gasteiger partial charge in [0, 0.05) is 11.6 Å². The first-order valence-corrected chi connectivity index (χ1v) is 12.0. The molecule has 168 valence electrons. The Morgan fingerprint density at radius 2 is 1.68 bits per heavy atom. The number of hydrogen-bond acceptors (Lipinski definition) is 4. The lowest BCUT2D eigenvalue weighted by Crippen LogP contribution is -2.49. The van der Waals surface area contributed by atoms with Gasteiger partial charge in [-0.05, 0) is 42.3 Å². The first kappa shape index (κ1) is 25.1. The first-order chi connectivity index (χ1) is 14.5. The van der Waals surface area contributed by atoms with E-state index in [1.807, 2.05) is 0 Å². The van der Waals surface area contributed by atoms with Crippen molar-refractivity contribution < 1.29 is 18.0 Å². The van der Waals surface area contributed by atoms with Gasteiger partial charge in [0.15, 0.2) is 0 Å². The summed E-state index contributed by atoms with van der Waals surface area (Å²) in [4.78, 5) is 25.4. The molecule has 3 N–H and O–H groups in total. The van der Waals surface area contributed by atoms with E-state index in [1.54, 1.807) is 44.2 Å². The van der Waals surface area contributed by atoms with Crippen LogP contribution in [0.3, 0.4) is 0 Å². The molecule has 31 heavy (non-hydrogen) atoms. The highest BCUT2D eigenvalue weighted by atomic mass is 35.5. The molecule has 0 aliphatic carbocycles. The summed E-state index contributed by atoms with van der Waals surface area (Å²) >= 11 is 12.0. The molecule has 0 aliphatic rings. The third-order valence-electron chi connectivity index (χ3n) is 4.64. The molecule has 1 unspecified atom stereocenters. The molecule has 2 aromatic carbocycles. The molecule has 2 rings (SSSR count). The molecule has 1 atom stereocenters. The van der Waals surface area contributed by atoms with Crippen LogP contribution in [0.5, 0.6) is 0 Å². The van der Waals surface area contributed by atoms with Crippen molar-refractivity contribution in [3.05, 3.63) is 69.2 Å². The van der Waals surface area contributed by atoms with Gasteiger partial charge in [-0.15, -0.1) is 0 Å². The molecule has 0 bridgehead atoms. The molecule has 0 aliphatic heterocycles. The van der Waals surface area contributed by atoms with Crippen molar-refractivity contribution in [3.8, 4) is 0 Å². The number of carbonyl (C=O) groups excluding carboxylic acids is 2. The average Bonchev–Trinajstić information content (AvgIpc) is 2.70. The summed E-state index contributed by atoms with van der Waals surface area (Å²) in [6, 6.07) is 10.6. The van der Waals surface area contributed by atoms with Crippen LogP contribution in [-0.2, 0) is 27.1 Å². The average molecular weight is 486 g/mol. The van der Waals surface area contributed by atoms with Crippen LogP contribution in [0.15, 0.2) is 42.5 Å². The van der Waals surface area contributed by atoms with Crippen LogP contribution in [-0.4, -0.2) is 33.3 Å². The summed E-state index contributed by atoms with van der Waals surface area (Å²) in [5.41, 5.74) is 1.46. The second kappa shape index (κ2) is 10.9. The Labute approximate surface area is 192 Å². The number of carbonyl (C=O) groups is 2. The van der Waals surface area contributed by atoms with Crippen molar-refractivity contribution in [2.75, 3.05) is 7.05 Å². The minimum Gasteiger partial charge on any atom is -0.350 e. The molecule has 2 aromatic rings. The van der Waals surface area contributed by atoms with Gasteiger partial charge in [-0.25, -0.2) is 13.1 Å². The molecular formula is C21H25Cl2N3O4S. The maximum atomic E-state index is 12.8. The highest BCUT2D eigenvalue weighted by Crippen LogP contribution is 2.21. The smallest absolute Gasteiger partial charge is 0.253 e. The van der Waals surface area contributed by atoms with Crippen molar-refractivity contribution in [1.82, 2.24) is 15.4 Å². The largest absolute Gasteiger partial charge is 0.350 e. The molecule has 2 amide bonds. The molecule has 0 saturated heterocycles. The molecule has 0 spiro atoms. The van der Waals surface area contributed by atoms with E-state index >= 15 is 0 Å². The fraction of sp³-hybridized carbons (Fsp3) is 0.333. The quantitative estimate of drug-likeness (QED) is 0.507. The second-order valence-electron chi connectivity index (χ2n) is 7.27. The molecular weight excluding hydrogens is 461 g/mol. The number of hydrogen-bond donors (Lipinski definition) is 3. The highest BCUT2D eigenvalue weighted by molar-refractivity contribution is 7.88. The van der Waals surface area contributed by atoms with Gasteiger partial charge in [-0.2, -0.15) is 0 Å². The van der Waals surface area contributed by atoms with Crippen molar-refractivity contribution in [3.63, 3.8) is 0 Å². The van der Waals surface area contributed by atoms with E-state index in [4.69, 9.17) is 23.2 Å². The Hall–Kier alpha value is -2.13. The number of halogens is 2. The molecule has 0 aromatic heterocycles. The van der Waals surface area contributed by atoms with Crippen LogP contribution in [0, 0.1) is 5.92 Å².